The summed E-state index contributed by atoms with van der Waals surface area (Å²) in [7, 11) is 1.52. The Hall–Kier alpha value is -1.88. The molecule has 0 bridgehead atoms. The number of H-pyrrole nitrogens is 1. The Morgan fingerprint density at radius 3 is 2.82 bits per heavy atom. The molecule has 1 aromatic carbocycles. The number of aromatic nitrogens is 2. The predicted molar refractivity (Wildman–Crippen MR) is 61.2 cm³/mol. The fraction of sp³-hybridized carbons (Fsp3) is 0.250. The van der Waals surface area contributed by atoms with Gasteiger partial charge in [-0.05, 0) is 25.1 Å². The Morgan fingerprint density at radius 1 is 1.47 bits per heavy atom. The lowest BCUT2D eigenvalue weighted by Crippen LogP contribution is -1.91. The number of hydrogen-bond acceptors (Lipinski definition) is 3. The number of aliphatic hydroxyl groups excluding tert-OH is 1. The first-order valence-corrected chi connectivity index (χ1v) is 5.16. The third-order valence-corrected chi connectivity index (χ3v) is 2.50. The standard InChI is InChI=1S/C12H13FN2O2/c1-7-12(15-11(6-16)14-7)9-5-8(13)3-4-10(9)17-2/h3-5,16H,6H2,1-2H3,(H,14,15). The molecule has 2 rings (SSSR count). The summed E-state index contributed by atoms with van der Waals surface area (Å²) < 4.78 is 18.4. The zero-order valence-corrected chi connectivity index (χ0v) is 9.62. The fourth-order valence-electron chi connectivity index (χ4n) is 1.72. The Balaban J connectivity index is 2.58. The highest BCUT2D eigenvalue weighted by Crippen LogP contribution is 2.31. The minimum Gasteiger partial charge on any atom is -0.496 e. The molecule has 0 radical (unpaired) electrons. The molecule has 0 aliphatic heterocycles. The second-order valence-electron chi connectivity index (χ2n) is 3.66. The van der Waals surface area contributed by atoms with E-state index in [0.29, 0.717) is 22.8 Å². The topological polar surface area (TPSA) is 58.1 Å². The van der Waals surface area contributed by atoms with Crippen molar-refractivity contribution in [3.05, 3.63) is 35.5 Å². The molecule has 17 heavy (non-hydrogen) atoms. The summed E-state index contributed by atoms with van der Waals surface area (Å²) >= 11 is 0. The summed E-state index contributed by atoms with van der Waals surface area (Å²) in [6, 6.07) is 4.25. The lowest BCUT2D eigenvalue weighted by Gasteiger charge is -2.06. The van der Waals surface area contributed by atoms with Crippen LogP contribution in [0.4, 0.5) is 4.39 Å². The van der Waals surface area contributed by atoms with E-state index < -0.39 is 0 Å². The van der Waals surface area contributed by atoms with E-state index in [9.17, 15) is 4.39 Å². The highest BCUT2D eigenvalue weighted by Gasteiger charge is 2.14. The first kappa shape index (κ1) is 11.6. The first-order valence-electron chi connectivity index (χ1n) is 5.16. The van der Waals surface area contributed by atoms with Gasteiger partial charge in [0.15, 0.2) is 0 Å². The molecule has 2 N–H and O–H groups in total. The molecule has 0 fully saturated rings. The monoisotopic (exact) mass is 236 g/mol. The van der Waals surface area contributed by atoms with Crippen LogP contribution in [0.3, 0.4) is 0 Å². The van der Waals surface area contributed by atoms with Crippen LogP contribution in [0.2, 0.25) is 0 Å². The molecule has 0 aliphatic carbocycles. The van der Waals surface area contributed by atoms with Crippen LogP contribution in [0, 0.1) is 12.7 Å². The molecule has 0 aliphatic rings. The highest BCUT2D eigenvalue weighted by atomic mass is 19.1. The summed E-state index contributed by atoms with van der Waals surface area (Å²) in [4.78, 5) is 7.12. The van der Waals surface area contributed by atoms with Gasteiger partial charge in [-0.2, -0.15) is 0 Å². The van der Waals surface area contributed by atoms with Gasteiger partial charge in [0.05, 0.1) is 12.8 Å². The van der Waals surface area contributed by atoms with E-state index in [1.54, 1.807) is 6.07 Å². The predicted octanol–water partition coefficient (Wildman–Crippen LogP) is 2.03. The van der Waals surface area contributed by atoms with Gasteiger partial charge in [0.25, 0.3) is 0 Å². The number of imidazole rings is 1. The van der Waals surface area contributed by atoms with Gasteiger partial charge in [0.2, 0.25) is 0 Å². The van der Waals surface area contributed by atoms with E-state index in [4.69, 9.17) is 9.84 Å². The molecule has 0 spiro atoms. The molecular formula is C12H13FN2O2. The molecule has 1 heterocycles. The maximum atomic E-state index is 13.2. The Labute approximate surface area is 98.1 Å². The van der Waals surface area contributed by atoms with Gasteiger partial charge < -0.3 is 14.8 Å². The molecule has 0 amide bonds. The lowest BCUT2D eigenvalue weighted by atomic mass is 10.1. The summed E-state index contributed by atoms with van der Waals surface area (Å²) in [5, 5.41) is 9.00. The number of nitrogens with one attached hydrogen (secondary N) is 1. The van der Waals surface area contributed by atoms with Gasteiger partial charge in [0, 0.05) is 11.3 Å². The van der Waals surface area contributed by atoms with Crippen molar-refractivity contribution in [1.29, 1.82) is 0 Å². The number of halogens is 1. The summed E-state index contributed by atoms with van der Waals surface area (Å²) in [6.45, 7) is 1.63. The summed E-state index contributed by atoms with van der Waals surface area (Å²) in [5.41, 5.74) is 1.92. The molecule has 90 valence electrons. The van der Waals surface area contributed by atoms with Crippen LogP contribution in [-0.2, 0) is 6.61 Å². The van der Waals surface area contributed by atoms with E-state index in [0.717, 1.165) is 5.69 Å². The van der Waals surface area contributed by atoms with Crippen LogP contribution in [-0.4, -0.2) is 22.2 Å². The van der Waals surface area contributed by atoms with Gasteiger partial charge in [0.1, 0.15) is 24.0 Å². The van der Waals surface area contributed by atoms with Gasteiger partial charge in [-0.1, -0.05) is 0 Å². The van der Waals surface area contributed by atoms with E-state index in [-0.39, 0.29) is 12.4 Å². The number of aryl methyl sites for hydroxylation is 1. The Bertz CT molecular complexity index is 537. The molecule has 0 saturated heterocycles. The Kier molecular flexibility index (Phi) is 3.10. The molecular weight excluding hydrogens is 223 g/mol. The maximum Gasteiger partial charge on any atom is 0.132 e. The normalized spacial score (nSPS) is 10.6. The van der Waals surface area contributed by atoms with Crippen molar-refractivity contribution >= 4 is 0 Å². The first-order chi connectivity index (χ1) is 8.15. The van der Waals surface area contributed by atoms with Crippen LogP contribution in [0.15, 0.2) is 18.2 Å². The number of benzene rings is 1. The largest absolute Gasteiger partial charge is 0.496 e. The molecule has 5 heteroatoms. The number of hydrogen-bond donors (Lipinski definition) is 2. The van der Waals surface area contributed by atoms with Gasteiger partial charge >= 0.3 is 0 Å². The number of ether oxygens (including phenoxy) is 1. The van der Waals surface area contributed by atoms with E-state index in [1.165, 1.54) is 19.2 Å². The second kappa shape index (κ2) is 4.55. The quantitative estimate of drug-likeness (QED) is 0.857. The molecule has 2 aromatic rings. The van der Waals surface area contributed by atoms with Crippen molar-refractivity contribution in [3.8, 4) is 17.0 Å². The number of nitrogens with zero attached hydrogens (tertiary/aromatic N) is 1. The Morgan fingerprint density at radius 2 is 2.24 bits per heavy atom. The van der Waals surface area contributed by atoms with Crippen molar-refractivity contribution in [2.75, 3.05) is 7.11 Å². The minimum atomic E-state index is -0.353. The van der Waals surface area contributed by atoms with Gasteiger partial charge in [-0.25, -0.2) is 9.37 Å². The maximum absolute atomic E-state index is 13.2. The van der Waals surface area contributed by atoms with Crippen LogP contribution >= 0.6 is 0 Å². The van der Waals surface area contributed by atoms with Crippen molar-refractivity contribution in [2.24, 2.45) is 0 Å². The van der Waals surface area contributed by atoms with Gasteiger partial charge in [-0.15, -0.1) is 0 Å². The molecule has 0 atom stereocenters. The van der Waals surface area contributed by atoms with E-state index in [2.05, 4.69) is 9.97 Å². The molecule has 1 aromatic heterocycles. The average Bonchev–Trinajstić information content (AvgIpc) is 2.70. The number of methoxy groups -OCH3 is 1. The van der Waals surface area contributed by atoms with E-state index >= 15 is 0 Å². The van der Waals surface area contributed by atoms with Gasteiger partial charge in [-0.3, -0.25) is 0 Å². The van der Waals surface area contributed by atoms with Crippen molar-refractivity contribution in [2.45, 2.75) is 13.5 Å². The summed E-state index contributed by atoms with van der Waals surface area (Å²) in [6.07, 6.45) is 0. The average molecular weight is 236 g/mol. The minimum absolute atomic E-state index is 0.182. The molecule has 0 saturated carbocycles. The molecule has 0 unspecified atom stereocenters. The SMILES string of the molecule is COc1ccc(F)cc1-c1nc(CO)[nH]c1C. The van der Waals surface area contributed by atoms with Crippen LogP contribution in [0.5, 0.6) is 5.75 Å². The molecule has 4 nitrogen and oxygen atoms in total. The third-order valence-electron chi connectivity index (χ3n) is 2.50. The second-order valence-corrected chi connectivity index (χ2v) is 3.66. The van der Waals surface area contributed by atoms with Crippen LogP contribution in [0.1, 0.15) is 11.5 Å². The zero-order chi connectivity index (χ0) is 12.4. The zero-order valence-electron chi connectivity index (χ0n) is 9.62. The highest BCUT2D eigenvalue weighted by molar-refractivity contribution is 5.69. The lowest BCUT2D eigenvalue weighted by molar-refractivity contribution is 0.272. The fourth-order valence-corrected chi connectivity index (χ4v) is 1.72. The van der Waals surface area contributed by atoms with Crippen LogP contribution in [0.25, 0.3) is 11.3 Å². The van der Waals surface area contributed by atoms with E-state index in [1.807, 2.05) is 6.92 Å². The smallest absolute Gasteiger partial charge is 0.132 e. The number of rotatable bonds is 3. The number of aliphatic hydroxyl groups is 1. The van der Waals surface area contributed by atoms with Crippen LogP contribution < -0.4 is 4.74 Å². The van der Waals surface area contributed by atoms with Crippen molar-refractivity contribution in [1.82, 2.24) is 9.97 Å². The third kappa shape index (κ3) is 2.14. The number of aromatic amines is 1. The summed E-state index contributed by atoms with van der Waals surface area (Å²) in [5.74, 6) is 0.642. The van der Waals surface area contributed by atoms with Crippen molar-refractivity contribution in [3.63, 3.8) is 0 Å². The van der Waals surface area contributed by atoms with Crippen molar-refractivity contribution < 1.29 is 14.2 Å².